The molecule has 0 aliphatic heterocycles. The predicted molar refractivity (Wildman–Crippen MR) is 69.5 cm³/mol. The van der Waals surface area contributed by atoms with Crippen LogP contribution in [0.25, 0.3) is 11.0 Å². The van der Waals surface area contributed by atoms with Crippen LogP contribution in [0.2, 0.25) is 0 Å². The lowest BCUT2D eigenvalue weighted by Gasteiger charge is -2.09. The number of nitrogens with zero attached hydrogens (tertiary/aromatic N) is 3. The minimum absolute atomic E-state index is 0.170. The zero-order chi connectivity index (χ0) is 12.4. The molecule has 2 heterocycles. The lowest BCUT2D eigenvalue weighted by Crippen LogP contribution is -2.04. The van der Waals surface area contributed by atoms with Gasteiger partial charge in [0.2, 0.25) is 5.95 Å². The summed E-state index contributed by atoms with van der Waals surface area (Å²) in [4.78, 5) is 12.4. The monoisotopic (exact) mass is 231 g/mol. The van der Waals surface area contributed by atoms with E-state index in [2.05, 4.69) is 21.9 Å². The number of unbranched alkanes of at least 4 members (excludes halogenated alkanes) is 1. The van der Waals surface area contributed by atoms with Gasteiger partial charge in [0.05, 0.1) is 5.39 Å². The molecule has 5 nitrogen and oxygen atoms in total. The molecule has 0 aliphatic carbocycles. The summed E-state index contributed by atoms with van der Waals surface area (Å²) in [5, 5.41) is 0.827. The minimum Gasteiger partial charge on any atom is -0.383 e. The van der Waals surface area contributed by atoms with E-state index < -0.39 is 0 Å². The van der Waals surface area contributed by atoms with E-state index in [-0.39, 0.29) is 5.95 Å². The number of aromatic nitrogens is 3. The third kappa shape index (κ3) is 2.13. The summed E-state index contributed by atoms with van der Waals surface area (Å²) in [7, 11) is 0. The quantitative estimate of drug-likeness (QED) is 0.841. The zero-order valence-electron chi connectivity index (χ0n) is 10.2. The topological polar surface area (TPSA) is 90.7 Å². The van der Waals surface area contributed by atoms with Crippen LogP contribution >= 0.6 is 0 Å². The molecule has 0 radical (unpaired) electrons. The molecule has 0 saturated carbocycles. The first-order valence-electron chi connectivity index (χ1n) is 5.80. The molecule has 0 bridgehead atoms. The molecule has 0 aromatic carbocycles. The molecule has 0 saturated heterocycles. The molecule has 5 heteroatoms. The van der Waals surface area contributed by atoms with Gasteiger partial charge in [-0.1, -0.05) is 13.3 Å². The summed E-state index contributed by atoms with van der Waals surface area (Å²) < 4.78 is 0. The van der Waals surface area contributed by atoms with Gasteiger partial charge in [0.25, 0.3) is 0 Å². The summed E-state index contributed by atoms with van der Waals surface area (Å²) >= 11 is 0. The van der Waals surface area contributed by atoms with Crippen LogP contribution < -0.4 is 11.5 Å². The first kappa shape index (κ1) is 11.6. The van der Waals surface area contributed by atoms with Crippen molar-refractivity contribution < 1.29 is 0 Å². The van der Waals surface area contributed by atoms with Crippen molar-refractivity contribution in [3.63, 3.8) is 0 Å². The van der Waals surface area contributed by atoms with Crippen LogP contribution in [0.4, 0.5) is 11.8 Å². The number of fused-ring (bicyclic) bond motifs is 1. The molecule has 0 amide bonds. The van der Waals surface area contributed by atoms with E-state index in [4.69, 9.17) is 11.5 Å². The third-order valence-corrected chi connectivity index (χ3v) is 2.93. The number of hydrogen-bond acceptors (Lipinski definition) is 5. The Kier molecular flexibility index (Phi) is 3.08. The number of pyridine rings is 1. The van der Waals surface area contributed by atoms with E-state index in [9.17, 15) is 0 Å². The highest BCUT2D eigenvalue weighted by atomic mass is 15.1. The van der Waals surface area contributed by atoms with Crippen molar-refractivity contribution in [2.75, 3.05) is 11.5 Å². The van der Waals surface area contributed by atoms with Gasteiger partial charge in [0.1, 0.15) is 5.82 Å². The second kappa shape index (κ2) is 4.53. The van der Waals surface area contributed by atoms with Gasteiger partial charge in [-0.05, 0) is 30.9 Å². The summed E-state index contributed by atoms with van der Waals surface area (Å²) in [6, 6.07) is 0. The largest absolute Gasteiger partial charge is 0.383 e. The number of rotatable bonds is 3. The van der Waals surface area contributed by atoms with Gasteiger partial charge in [0.15, 0.2) is 5.65 Å². The molecule has 0 fully saturated rings. The average Bonchev–Trinajstić information content (AvgIpc) is 2.27. The van der Waals surface area contributed by atoms with Crippen molar-refractivity contribution in [3.05, 3.63) is 17.3 Å². The van der Waals surface area contributed by atoms with E-state index in [1.165, 1.54) is 5.56 Å². The maximum atomic E-state index is 5.88. The van der Waals surface area contributed by atoms with Crippen molar-refractivity contribution in [1.82, 2.24) is 15.0 Å². The first-order chi connectivity index (χ1) is 8.13. The van der Waals surface area contributed by atoms with Crippen LogP contribution in [0.5, 0.6) is 0 Å². The summed E-state index contributed by atoms with van der Waals surface area (Å²) in [5.41, 5.74) is 14.3. The lowest BCUT2D eigenvalue weighted by atomic mass is 10.0. The Bertz CT molecular complexity index is 550. The van der Waals surface area contributed by atoms with Crippen LogP contribution in [0.1, 0.15) is 30.9 Å². The van der Waals surface area contributed by atoms with Crippen molar-refractivity contribution in [1.29, 1.82) is 0 Å². The fourth-order valence-electron chi connectivity index (χ4n) is 1.95. The molecule has 90 valence electrons. The second-order valence-corrected chi connectivity index (χ2v) is 4.18. The van der Waals surface area contributed by atoms with Gasteiger partial charge in [-0.3, -0.25) is 0 Å². The Morgan fingerprint density at radius 1 is 1.24 bits per heavy atom. The maximum Gasteiger partial charge on any atom is 0.224 e. The normalized spacial score (nSPS) is 10.9. The molecule has 0 spiro atoms. The van der Waals surface area contributed by atoms with Crippen LogP contribution in [-0.4, -0.2) is 15.0 Å². The number of nitrogen functional groups attached to an aromatic ring is 2. The molecule has 2 aromatic rings. The summed E-state index contributed by atoms with van der Waals surface area (Å²) in [5.74, 6) is 0.582. The van der Waals surface area contributed by atoms with Crippen molar-refractivity contribution in [2.45, 2.75) is 33.1 Å². The van der Waals surface area contributed by atoms with Gasteiger partial charge in [-0.2, -0.15) is 9.97 Å². The summed E-state index contributed by atoms with van der Waals surface area (Å²) in [6.07, 6.45) is 5.17. The fraction of sp³-hybridized carbons (Fsp3) is 0.417. The Morgan fingerprint density at radius 3 is 2.71 bits per heavy atom. The van der Waals surface area contributed by atoms with E-state index in [1.807, 2.05) is 13.1 Å². The highest BCUT2D eigenvalue weighted by Crippen LogP contribution is 2.24. The Morgan fingerprint density at radius 2 is 2.00 bits per heavy atom. The van der Waals surface area contributed by atoms with Crippen molar-refractivity contribution in [2.24, 2.45) is 0 Å². The molecule has 4 N–H and O–H groups in total. The molecule has 17 heavy (non-hydrogen) atoms. The van der Waals surface area contributed by atoms with Gasteiger partial charge in [-0.25, -0.2) is 4.98 Å². The highest BCUT2D eigenvalue weighted by molar-refractivity contribution is 5.89. The van der Waals surface area contributed by atoms with Gasteiger partial charge >= 0.3 is 0 Å². The molecular formula is C12H17N5. The van der Waals surface area contributed by atoms with Crippen LogP contribution in [0.3, 0.4) is 0 Å². The van der Waals surface area contributed by atoms with Gasteiger partial charge < -0.3 is 11.5 Å². The van der Waals surface area contributed by atoms with Crippen LogP contribution in [0, 0.1) is 6.92 Å². The number of hydrogen-bond donors (Lipinski definition) is 2. The molecule has 0 aliphatic rings. The summed E-state index contributed by atoms with van der Waals surface area (Å²) in [6.45, 7) is 4.20. The number of nitrogens with two attached hydrogens (primary N) is 2. The van der Waals surface area contributed by atoms with E-state index in [0.29, 0.717) is 11.5 Å². The minimum atomic E-state index is 0.170. The standard InChI is InChI=1S/C12H17N5/c1-3-4-5-8-6-15-11-9(7(8)2)10(13)16-12(14)17-11/h6H,3-5H2,1-2H3,(H4,13,14,15,16,17). The SMILES string of the molecule is CCCCc1cnc2nc(N)nc(N)c2c1C. The molecular weight excluding hydrogens is 214 g/mol. The predicted octanol–water partition coefficient (Wildman–Crippen LogP) is 1.84. The molecule has 2 rings (SSSR count). The third-order valence-electron chi connectivity index (χ3n) is 2.93. The van der Waals surface area contributed by atoms with Crippen LogP contribution in [0.15, 0.2) is 6.20 Å². The molecule has 0 atom stereocenters. The number of anilines is 2. The molecule has 0 unspecified atom stereocenters. The Labute approximate surface area is 100 Å². The Balaban J connectivity index is 2.58. The number of aryl methyl sites for hydroxylation is 2. The van der Waals surface area contributed by atoms with Gasteiger partial charge in [-0.15, -0.1) is 0 Å². The highest BCUT2D eigenvalue weighted by Gasteiger charge is 2.10. The van der Waals surface area contributed by atoms with Crippen LogP contribution in [-0.2, 0) is 6.42 Å². The van der Waals surface area contributed by atoms with E-state index in [1.54, 1.807) is 0 Å². The fourth-order valence-corrected chi connectivity index (χ4v) is 1.95. The Hall–Kier alpha value is -1.91. The van der Waals surface area contributed by atoms with E-state index >= 15 is 0 Å². The smallest absolute Gasteiger partial charge is 0.224 e. The van der Waals surface area contributed by atoms with Crippen molar-refractivity contribution in [3.8, 4) is 0 Å². The van der Waals surface area contributed by atoms with Gasteiger partial charge in [0, 0.05) is 6.20 Å². The van der Waals surface area contributed by atoms with E-state index in [0.717, 1.165) is 30.2 Å². The maximum absolute atomic E-state index is 5.88. The van der Waals surface area contributed by atoms with Crippen molar-refractivity contribution >= 4 is 22.8 Å². The average molecular weight is 231 g/mol. The second-order valence-electron chi connectivity index (χ2n) is 4.18. The first-order valence-corrected chi connectivity index (χ1v) is 5.80. The lowest BCUT2D eigenvalue weighted by molar-refractivity contribution is 0.789. The molecule has 2 aromatic heterocycles. The zero-order valence-corrected chi connectivity index (χ0v) is 10.2.